The van der Waals surface area contributed by atoms with Gasteiger partial charge in [-0.2, -0.15) is 0 Å². The summed E-state index contributed by atoms with van der Waals surface area (Å²) < 4.78 is 0. The van der Waals surface area contributed by atoms with Crippen LogP contribution < -0.4 is 10.6 Å². The minimum atomic E-state index is -0.193. The highest BCUT2D eigenvalue weighted by Gasteiger charge is 2.21. The van der Waals surface area contributed by atoms with Crippen LogP contribution in [0.5, 0.6) is 0 Å². The van der Waals surface area contributed by atoms with Gasteiger partial charge < -0.3 is 10.6 Å². The summed E-state index contributed by atoms with van der Waals surface area (Å²) in [5.74, 6) is -0.193. The number of carbonyl (C=O) groups excluding carboxylic acids is 1. The lowest BCUT2D eigenvalue weighted by molar-refractivity contribution is 0.102. The zero-order valence-electron chi connectivity index (χ0n) is 11.7. The molecule has 1 aromatic carbocycles. The van der Waals surface area contributed by atoms with Crippen molar-refractivity contribution >= 4 is 28.9 Å². The number of amides is 1. The van der Waals surface area contributed by atoms with E-state index in [1.165, 1.54) is 12.8 Å². The van der Waals surface area contributed by atoms with E-state index in [4.69, 9.17) is 11.6 Å². The van der Waals surface area contributed by atoms with Crippen molar-refractivity contribution in [2.75, 3.05) is 10.6 Å². The van der Waals surface area contributed by atoms with Gasteiger partial charge in [0.25, 0.3) is 5.91 Å². The number of rotatable bonds is 4. The Morgan fingerprint density at radius 2 is 2.05 bits per heavy atom. The van der Waals surface area contributed by atoms with Crippen LogP contribution in [0.4, 0.5) is 11.4 Å². The molecule has 3 rings (SSSR count). The molecule has 108 valence electrons. The first-order valence-electron chi connectivity index (χ1n) is 6.91. The number of halogens is 1. The van der Waals surface area contributed by atoms with Gasteiger partial charge in [0.2, 0.25) is 0 Å². The molecule has 1 fully saturated rings. The lowest BCUT2D eigenvalue weighted by Gasteiger charge is -2.08. The van der Waals surface area contributed by atoms with Crippen molar-refractivity contribution in [1.29, 1.82) is 0 Å². The smallest absolute Gasteiger partial charge is 0.257 e. The SMILES string of the molecule is Cc1ccc(NC(=O)c2cncc(NC3CC3)c2)cc1Cl. The first kappa shape index (κ1) is 13.9. The standard InChI is InChI=1S/C16H16ClN3O/c1-10-2-3-13(7-15(10)17)20-16(21)11-6-14(9-18-8-11)19-12-4-5-12/h2-3,6-9,12,19H,4-5H2,1H3,(H,20,21). The molecule has 0 atom stereocenters. The average Bonchev–Trinajstić information content (AvgIpc) is 3.27. The predicted octanol–water partition coefficient (Wildman–Crippen LogP) is 3.87. The topological polar surface area (TPSA) is 54.0 Å². The molecular formula is C16H16ClN3O. The Hall–Kier alpha value is -2.07. The van der Waals surface area contributed by atoms with E-state index in [0.717, 1.165) is 11.3 Å². The van der Waals surface area contributed by atoms with Gasteiger partial charge in [0.15, 0.2) is 0 Å². The van der Waals surface area contributed by atoms with Crippen molar-refractivity contribution in [2.45, 2.75) is 25.8 Å². The van der Waals surface area contributed by atoms with Crippen LogP contribution >= 0.6 is 11.6 Å². The number of hydrogen-bond donors (Lipinski definition) is 2. The van der Waals surface area contributed by atoms with Crippen LogP contribution in [0.3, 0.4) is 0 Å². The maximum Gasteiger partial charge on any atom is 0.257 e. The number of anilines is 2. The maximum atomic E-state index is 12.2. The minimum absolute atomic E-state index is 0.193. The van der Waals surface area contributed by atoms with E-state index in [-0.39, 0.29) is 5.91 Å². The molecule has 2 N–H and O–H groups in total. The molecule has 1 amide bonds. The summed E-state index contributed by atoms with van der Waals surface area (Å²) in [7, 11) is 0. The van der Waals surface area contributed by atoms with Gasteiger partial charge >= 0.3 is 0 Å². The highest BCUT2D eigenvalue weighted by molar-refractivity contribution is 6.31. The molecule has 21 heavy (non-hydrogen) atoms. The largest absolute Gasteiger partial charge is 0.381 e. The minimum Gasteiger partial charge on any atom is -0.381 e. The number of hydrogen-bond acceptors (Lipinski definition) is 3. The number of aryl methyl sites for hydroxylation is 1. The monoisotopic (exact) mass is 301 g/mol. The van der Waals surface area contributed by atoms with Crippen LogP contribution in [0, 0.1) is 6.92 Å². The van der Waals surface area contributed by atoms with Crippen LogP contribution in [-0.4, -0.2) is 16.9 Å². The van der Waals surface area contributed by atoms with Gasteiger partial charge in [0.1, 0.15) is 0 Å². The number of nitrogens with zero attached hydrogens (tertiary/aromatic N) is 1. The molecular weight excluding hydrogens is 286 g/mol. The highest BCUT2D eigenvalue weighted by Crippen LogP contribution is 2.25. The molecule has 0 bridgehead atoms. The fourth-order valence-corrected chi connectivity index (χ4v) is 2.16. The van der Waals surface area contributed by atoms with Crippen LogP contribution in [0.2, 0.25) is 5.02 Å². The van der Waals surface area contributed by atoms with Crippen molar-refractivity contribution in [1.82, 2.24) is 4.98 Å². The fourth-order valence-electron chi connectivity index (χ4n) is 1.98. The lowest BCUT2D eigenvalue weighted by Crippen LogP contribution is -2.13. The number of carbonyl (C=O) groups is 1. The van der Waals surface area contributed by atoms with Crippen molar-refractivity contribution < 1.29 is 4.79 Å². The number of pyridine rings is 1. The van der Waals surface area contributed by atoms with E-state index < -0.39 is 0 Å². The summed E-state index contributed by atoms with van der Waals surface area (Å²) >= 11 is 6.06. The molecule has 1 saturated carbocycles. The van der Waals surface area contributed by atoms with Crippen LogP contribution in [-0.2, 0) is 0 Å². The Bertz CT molecular complexity index is 683. The molecule has 1 heterocycles. The van der Waals surface area contributed by atoms with E-state index in [9.17, 15) is 4.79 Å². The quantitative estimate of drug-likeness (QED) is 0.901. The second kappa shape index (κ2) is 5.74. The predicted molar refractivity (Wildman–Crippen MR) is 85.0 cm³/mol. The second-order valence-electron chi connectivity index (χ2n) is 5.30. The molecule has 2 aromatic rings. The van der Waals surface area contributed by atoms with E-state index in [1.54, 1.807) is 18.5 Å². The Balaban J connectivity index is 1.73. The van der Waals surface area contributed by atoms with Gasteiger partial charge in [-0.1, -0.05) is 17.7 Å². The third-order valence-corrected chi connectivity index (χ3v) is 3.79. The maximum absolute atomic E-state index is 12.2. The van der Waals surface area contributed by atoms with Crippen molar-refractivity contribution in [3.63, 3.8) is 0 Å². The molecule has 0 saturated heterocycles. The van der Waals surface area contributed by atoms with Crippen molar-refractivity contribution in [3.8, 4) is 0 Å². The van der Waals surface area contributed by atoms with Gasteiger partial charge in [0.05, 0.1) is 11.3 Å². The normalized spacial score (nSPS) is 13.8. The van der Waals surface area contributed by atoms with Gasteiger partial charge in [0, 0.05) is 29.1 Å². The molecule has 0 aliphatic heterocycles. The Morgan fingerprint density at radius 1 is 1.24 bits per heavy atom. The highest BCUT2D eigenvalue weighted by atomic mass is 35.5. The molecule has 1 aliphatic rings. The molecule has 1 aliphatic carbocycles. The summed E-state index contributed by atoms with van der Waals surface area (Å²) in [5.41, 5.74) is 3.06. The molecule has 1 aromatic heterocycles. The lowest BCUT2D eigenvalue weighted by atomic mass is 10.2. The van der Waals surface area contributed by atoms with Gasteiger partial charge in [-0.25, -0.2) is 0 Å². The summed E-state index contributed by atoms with van der Waals surface area (Å²) in [6, 6.07) is 7.80. The Labute approximate surface area is 128 Å². The van der Waals surface area contributed by atoms with Gasteiger partial charge in [-0.15, -0.1) is 0 Å². The van der Waals surface area contributed by atoms with Gasteiger partial charge in [-0.3, -0.25) is 9.78 Å². The van der Waals surface area contributed by atoms with Gasteiger partial charge in [-0.05, 0) is 43.5 Å². The van der Waals surface area contributed by atoms with E-state index in [0.29, 0.717) is 22.3 Å². The molecule has 4 nitrogen and oxygen atoms in total. The zero-order chi connectivity index (χ0) is 14.8. The van der Waals surface area contributed by atoms with Crippen molar-refractivity contribution in [2.24, 2.45) is 0 Å². The molecule has 0 radical (unpaired) electrons. The third kappa shape index (κ3) is 3.52. The fraction of sp³-hybridized carbons (Fsp3) is 0.250. The Morgan fingerprint density at radius 3 is 2.76 bits per heavy atom. The van der Waals surface area contributed by atoms with Crippen LogP contribution in [0.15, 0.2) is 36.7 Å². The van der Waals surface area contributed by atoms with E-state index in [2.05, 4.69) is 15.6 Å². The van der Waals surface area contributed by atoms with Crippen molar-refractivity contribution in [3.05, 3.63) is 52.8 Å². The molecule has 5 heteroatoms. The summed E-state index contributed by atoms with van der Waals surface area (Å²) in [6.45, 7) is 1.92. The van der Waals surface area contributed by atoms with Crippen LogP contribution in [0.1, 0.15) is 28.8 Å². The van der Waals surface area contributed by atoms with E-state index >= 15 is 0 Å². The number of nitrogens with one attached hydrogen (secondary N) is 2. The summed E-state index contributed by atoms with van der Waals surface area (Å²) in [4.78, 5) is 16.4. The third-order valence-electron chi connectivity index (χ3n) is 3.38. The molecule has 0 unspecified atom stereocenters. The number of aromatic nitrogens is 1. The second-order valence-corrected chi connectivity index (χ2v) is 5.71. The van der Waals surface area contributed by atoms with Crippen LogP contribution in [0.25, 0.3) is 0 Å². The average molecular weight is 302 g/mol. The van der Waals surface area contributed by atoms with E-state index in [1.807, 2.05) is 25.1 Å². The molecule has 0 spiro atoms. The first-order valence-corrected chi connectivity index (χ1v) is 7.29. The Kier molecular flexibility index (Phi) is 3.80. The first-order chi connectivity index (χ1) is 10.1. The summed E-state index contributed by atoms with van der Waals surface area (Å²) in [5, 5.41) is 6.79. The zero-order valence-corrected chi connectivity index (χ0v) is 12.4. The summed E-state index contributed by atoms with van der Waals surface area (Å²) in [6.07, 6.45) is 5.65. The number of benzene rings is 1.